The summed E-state index contributed by atoms with van der Waals surface area (Å²) < 4.78 is 11.8. The van der Waals surface area contributed by atoms with Crippen LogP contribution < -0.4 is 15.2 Å². The molecule has 0 amide bonds. The van der Waals surface area contributed by atoms with E-state index in [1.807, 2.05) is 18.2 Å². The van der Waals surface area contributed by atoms with Crippen LogP contribution in [0.25, 0.3) is 0 Å². The fraction of sp³-hybridized carbons (Fsp3) is 0.667. The summed E-state index contributed by atoms with van der Waals surface area (Å²) in [5.41, 5.74) is 7.53. The molecule has 0 saturated heterocycles. The van der Waals surface area contributed by atoms with E-state index >= 15 is 0 Å². The Kier molecular flexibility index (Phi) is 3.44. The molecule has 3 rings (SSSR count). The highest BCUT2D eigenvalue weighted by atomic mass is 16.5. The Morgan fingerprint density at radius 3 is 2.57 bits per heavy atom. The van der Waals surface area contributed by atoms with Gasteiger partial charge in [-0.3, -0.25) is 0 Å². The van der Waals surface area contributed by atoms with Crippen molar-refractivity contribution in [2.45, 2.75) is 52.7 Å². The average molecular weight is 289 g/mol. The van der Waals surface area contributed by atoms with Crippen LogP contribution in [0.3, 0.4) is 0 Å². The third-order valence-electron chi connectivity index (χ3n) is 6.48. The average Bonchev–Trinajstić information content (AvgIpc) is 2.80. The van der Waals surface area contributed by atoms with Crippen molar-refractivity contribution in [3.8, 4) is 11.5 Å². The lowest BCUT2D eigenvalue weighted by atomic mass is 9.70. The van der Waals surface area contributed by atoms with E-state index < -0.39 is 0 Å². The van der Waals surface area contributed by atoms with E-state index in [0.29, 0.717) is 12.0 Å². The minimum absolute atomic E-state index is 0.257. The molecule has 21 heavy (non-hydrogen) atoms. The van der Waals surface area contributed by atoms with Crippen LogP contribution >= 0.6 is 0 Å². The predicted octanol–water partition coefficient (Wildman–Crippen LogP) is 3.75. The van der Waals surface area contributed by atoms with Gasteiger partial charge in [-0.15, -0.1) is 0 Å². The summed E-state index contributed by atoms with van der Waals surface area (Å²) in [6, 6.07) is 5.93. The SMILES string of the molecule is COc1ccc(CN)c(OC2CC3CCC2(C)C3(C)C)c1. The first-order valence-electron chi connectivity index (χ1n) is 7.96. The second-order valence-corrected chi connectivity index (χ2v) is 7.39. The molecule has 2 fully saturated rings. The Balaban J connectivity index is 1.88. The zero-order valence-electron chi connectivity index (χ0n) is 13.6. The maximum Gasteiger partial charge on any atom is 0.127 e. The molecule has 3 nitrogen and oxygen atoms in total. The number of benzene rings is 1. The number of hydrogen-bond donors (Lipinski definition) is 1. The number of methoxy groups -OCH3 is 1. The lowest BCUT2D eigenvalue weighted by Gasteiger charge is -2.39. The highest BCUT2D eigenvalue weighted by molar-refractivity contribution is 5.41. The van der Waals surface area contributed by atoms with Crippen LogP contribution in [0.2, 0.25) is 0 Å². The Labute approximate surface area is 127 Å². The molecule has 0 spiro atoms. The van der Waals surface area contributed by atoms with E-state index in [1.165, 1.54) is 12.8 Å². The Morgan fingerprint density at radius 1 is 1.29 bits per heavy atom. The zero-order valence-corrected chi connectivity index (χ0v) is 13.6. The maximum atomic E-state index is 6.45. The molecule has 0 aromatic heterocycles. The number of ether oxygens (including phenoxy) is 2. The first-order valence-corrected chi connectivity index (χ1v) is 7.96. The number of nitrogens with two attached hydrogens (primary N) is 1. The fourth-order valence-corrected chi connectivity index (χ4v) is 4.40. The summed E-state index contributed by atoms with van der Waals surface area (Å²) in [7, 11) is 1.68. The van der Waals surface area contributed by atoms with Gasteiger partial charge >= 0.3 is 0 Å². The molecular weight excluding hydrogens is 262 g/mol. The highest BCUT2D eigenvalue weighted by Crippen LogP contribution is 2.66. The van der Waals surface area contributed by atoms with Crippen molar-refractivity contribution in [1.29, 1.82) is 0 Å². The van der Waals surface area contributed by atoms with E-state index in [4.69, 9.17) is 15.2 Å². The smallest absolute Gasteiger partial charge is 0.127 e. The summed E-state index contributed by atoms with van der Waals surface area (Å²) in [5.74, 6) is 2.50. The monoisotopic (exact) mass is 289 g/mol. The maximum absolute atomic E-state index is 6.45. The lowest BCUT2D eigenvalue weighted by molar-refractivity contribution is 0.0295. The van der Waals surface area contributed by atoms with Crippen molar-refractivity contribution in [2.24, 2.45) is 22.5 Å². The van der Waals surface area contributed by atoms with Crippen molar-refractivity contribution in [3.05, 3.63) is 23.8 Å². The van der Waals surface area contributed by atoms with E-state index in [2.05, 4.69) is 20.8 Å². The number of hydrogen-bond acceptors (Lipinski definition) is 3. The lowest BCUT2D eigenvalue weighted by Crippen LogP contribution is -2.39. The first-order chi connectivity index (χ1) is 9.92. The molecule has 0 aliphatic heterocycles. The van der Waals surface area contributed by atoms with Crippen molar-refractivity contribution in [1.82, 2.24) is 0 Å². The van der Waals surface area contributed by atoms with Crippen LogP contribution in [0, 0.1) is 16.7 Å². The van der Waals surface area contributed by atoms with Crippen LogP contribution in [0.1, 0.15) is 45.6 Å². The van der Waals surface area contributed by atoms with Gasteiger partial charge in [0.05, 0.1) is 7.11 Å². The molecule has 1 aromatic rings. The molecule has 0 heterocycles. The van der Waals surface area contributed by atoms with Gasteiger partial charge in [0.25, 0.3) is 0 Å². The molecule has 116 valence electrons. The molecule has 2 aliphatic carbocycles. The van der Waals surface area contributed by atoms with Crippen LogP contribution in [-0.4, -0.2) is 13.2 Å². The normalized spacial score (nSPS) is 33.2. The summed E-state index contributed by atoms with van der Waals surface area (Å²) in [4.78, 5) is 0. The van der Waals surface area contributed by atoms with Crippen molar-refractivity contribution >= 4 is 0 Å². The minimum Gasteiger partial charge on any atom is -0.497 e. The van der Waals surface area contributed by atoms with E-state index in [9.17, 15) is 0 Å². The molecule has 3 heteroatoms. The van der Waals surface area contributed by atoms with Crippen LogP contribution in [-0.2, 0) is 6.54 Å². The van der Waals surface area contributed by atoms with Crippen molar-refractivity contribution in [3.63, 3.8) is 0 Å². The van der Waals surface area contributed by atoms with Gasteiger partial charge in [0, 0.05) is 23.6 Å². The molecule has 3 atom stereocenters. The Hall–Kier alpha value is -1.22. The second kappa shape index (κ2) is 4.91. The van der Waals surface area contributed by atoms with Crippen LogP contribution in [0.5, 0.6) is 11.5 Å². The molecule has 1 aromatic carbocycles. The van der Waals surface area contributed by atoms with Gasteiger partial charge in [-0.2, -0.15) is 0 Å². The summed E-state index contributed by atoms with van der Waals surface area (Å²) >= 11 is 0. The molecular formula is C18H27NO2. The zero-order chi connectivity index (χ0) is 15.3. The number of fused-ring (bicyclic) bond motifs is 2. The summed E-state index contributed by atoms with van der Waals surface area (Å²) in [6.07, 6.45) is 4.04. The van der Waals surface area contributed by atoms with Gasteiger partial charge in [0.1, 0.15) is 17.6 Å². The quantitative estimate of drug-likeness (QED) is 0.918. The fourth-order valence-electron chi connectivity index (χ4n) is 4.40. The molecule has 2 bridgehead atoms. The third kappa shape index (κ3) is 2.05. The summed E-state index contributed by atoms with van der Waals surface area (Å²) in [5, 5.41) is 0. The first kappa shape index (κ1) is 14.7. The van der Waals surface area contributed by atoms with Gasteiger partial charge in [-0.05, 0) is 36.7 Å². The Bertz CT molecular complexity index is 540. The topological polar surface area (TPSA) is 44.5 Å². The standard InChI is InChI=1S/C18H27NO2/c1-17(2)13-7-8-18(17,3)16(9-13)21-15-10-14(20-4)6-5-12(15)11-19/h5-6,10,13,16H,7-9,11,19H2,1-4H3. The summed E-state index contributed by atoms with van der Waals surface area (Å²) in [6.45, 7) is 7.70. The molecule has 0 radical (unpaired) electrons. The van der Waals surface area contributed by atoms with E-state index in [0.717, 1.165) is 29.4 Å². The van der Waals surface area contributed by atoms with Gasteiger partial charge in [0.15, 0.2) is 0 Å². The number of rotatable bonds is 4. The van der Waals surface area contributed by atoms with Gasteiger partial charge in [-0.25, -0.2) is 0 Å². The van der Waals surface area contributed by atoms with Crippen molar-refractivity contribution < 1.29 is 9.47 Å². The highest BCUT2D eigenvalue weighted by Gasteiger charge is 2.62. The largest absolute Gasteiger partial charge is 0.497 e. The second-order valence-electron chi connectivity index (χ2n) is 7.39. The predicted molar refractivity (Wildman–Crippen MR) is 84.5 cm³/mol. The molecule has 2 saturated carbocycles. The molecule has 3 unspecified atom stereocenters. The van der Waals surface area contributed by atoms with Crippen molar-refractivity contribution in [2.75, 3.05) is 7.11 Å². The van der Waals surface area contributed by atoms with Gasteiger partial charge < -0.3 is 15.2 Å². The molecule has 2 N–H and O–H groups in total. The molecule has 2 aliphatic rings. The Morgan fingerprint density at radius 2 is 2.05 bits per heavy atom. The van der Waals surface area contributed by atoms with Gasteiger partial charge in [0.2, 0.25) is 0 Å². The van der Waals surface area contributed by atoms with E-state index in [-0.39, 0.29) is 11.5 Å². The van der Waals surface area contributed by atoms with Crippen LogP contribution in [0.15, 0.2) is 18.2 Å². The third-order valence-corrected chi connectivity index (χ3v) is 6.48. The van der Waals surface area contributed by atoms with Gasteiger partial charge in [-0.1, -0.05) is 26.8 Å². The van der Waals surface area contributed by atoms with Crippen LogP contribution in [0.4, 0.5) is 0 Å². The van der Waals surface area contributed by atoms with E-state index in [1.54, 1.807) is 7.11 Å². The minimum atomic E-state index is 0.257.